The van der Waals surface area contributed by atoms with E-state index in [-0.39, 0.29) is 23.0 Å². The van der Waals surface area contributed by atoms with E-state index in [1.54, 1.807) is 68.4 Å². The number of nitrogens with one attached hydrogen (secondary N) is 1. The molecule has 2 amide bonds. The van der Waals surface area contributed by atoms with Crippen molar-refractivity contribution in [2.24, 2.45) is 0 Å². The van der Waals surface area contributed by atoms with Gasteiger partial charge in [0.15, 0.2) is 0 Å². The van der Waals surface area contributed by atoms with Gasteiger partial charge in [0, 0.05) is 23.6 Å². The molecule has 0 aromatic heterocycles. The predicted molar refractivity (Wildman–Crippen MR) is 152 cm³/mol. The van der Waals surface area contributed by atoms with E-state index in [0.29, 0.717) is 27.6 Å². The summed E-state index contributed by atoms with van der Waals surface area (Å²) in [4.78, 5) is 28.1. The summed E-state index contributed by atoms with van der Waals surface area (Å²) in [7, 11) is -2.68. The quantitative estimate of drug-likeness (QED) is 0.352. The number of hydrogen-bond donors (Lipinski definition) is 1. The van der Waals surface area contributed by atoms with E-state index >= 15 is 0 Å². The number of nitrogens with zero attached hydrogens (tertiary/aromatic N) is 2. The topological polar surface area (TPSA) is 86.8 Å². The van der Waals surface area contributed by atoms with E-state index in [0.717, 1.165) is 9.87 Å². The first kappa shape index (κ1) is 29.5. The molecule has 10 heteroatoms. The van der Waals surface area contributed by atoms with Gasteiger partial charge in [-0.15, -0.1) is 0 Å². The molecular weight excluding hydrogens is 545 g/mol. The molecule has 0 heterocycles. The highest BCUT2D eigenvalue weighted by Crippen LogP contribution is 2.31. The lowest BCUT2D eigenvalue weighted by molar-refractivity contribution is -0.140. The van der Waals surface area contributed by atoms with Crippen molar-refractivity contribution in [3.05, 3.63) is 93.5 Å². The molecule has 1 N–H and O–H groups in total. The first-order valence-corrected chi connectivity index (χ1v) is 14.3. The number of likely N-dealkylation sites (N-methyl/N-ethyl adjacent to an activating group) is 1. The van der Waals surface area contributed by atoms with E-state index in [2.05, 4.69) is 5.32 Å². The molecule has 3 rings (SSSR count). The van der Waals surface area contributed by atoms with E-state index in [1.165, 1.54) is 24.1 Å². The van der Waals surface area contributed by atoms with Crippen LogP contribution in [0.2, 0.25) is 10.0 Å². The first-order chi connectivity index (χ1) is 18.0. The second kappa shape index (κ2) is 12.7. The Kier molecular flexibility index (Phi) is 9.82. The third-order valence-electron chi connectivity index (χ3n) is 6.33. The third kappa shape index (κ3) is 6.49. The Bertz CT molecular complexity index is 1410. The summed E-state index contributed by atoms with van der Waals surface area (Å²) in [5, 5.41) is 3.40. The van der Waals surface area contributed by atoms with Crippen LogP contribution in [-0.4, -0.2) is 44.8 Å². The number of amides is 2. The van der Waals surface area contributed by atoms with Gasteiger partial charge >= 0.3 is 0 Å². The Morgan fingerprint density at radius 1 is 0.921 bits per heavy atom. The predicted octanol–water partition coefficient (Wildman–Crippen LogP) is 5.36. The molecule has 0 aliphatic carbocycles. The summed E-state index contributed by atoms with van der Waals surface area (Å²) in [5.41, 5.74) is 2.32. The van der Waals surface area contributed by atoms with Crippen molar-refractivity contribution in [2.75, 3.05) is 17.9 Å². The third-order valence-corrected chi connectivity index (χ3v) is 8.88. The van der Waals surface area contributed by atoms with Crippen LogP contribution < -0.4 is 9.62 Å². The van der Waals surface area contributed by atoms with Crippen LogP contribution in [0.4, 0.5) is 5.69 Å². The van der Waals surface area contributed by atoms with Crippen molar-refractivity contribution in [1.82, 2.24) is 10.2 Å². The van der Waals surface area contributed by atoms with Crippen molar-refractivity contribution in [3.8, 4) is 0 Å². The number of carbonyl (C=O) groups is 2. The minimum absolute atomic E-state index is 0.0252. The summed E-state index contributed by atoms with van der Waals surface area (Å²) >= 11 is 12.7. The molecular formula is C28H31Cl2N3O4S. The molecule has 0 bridgehead atoms. The molecule has 0 saturated heterocycles. The van der Waals surface area contributed by atoms with Crippen LogP contribution in [0, 0.1) is 13.8 Å². The summed E-state index contributed by atoms with van der Waals surface area (Å²) in [6, 6.07) is 17.5. The zero-order valence-electron chi connectivity index (χ0n) is 21.7. The molecule has 7 nitrogen and oxygen atoms in total. The van der Waals surface area contributed by atoms with E-state index < -0.39 is 28.5 Å². The van der Waals surface area contributed by atoms with Gasteiger partial charge in [-0.25, -0.2) is 8.42 Å². The van der Waals surface area contributed by atoms with Gasteiger partial charge in [-0.2, -0.15) is 0 Å². The monoisotopic (exact) mass is 575 g/mol. The lowest BCUT2D eigenvalue weighted by Crippen LogP contribution is -2.51. The fourth-order valence-corrected chi connectivity index (χ4v) is 5.95. The van der Waals surface area contributed by atoms with E-state index in [1.807, 2.05) is 6.92 Å². The van der Waals surface area contributed by atoms with Gasteiger partial charge in [-0.3, -0.25) is 13.9 Å². The van der Waals surface area contributed by atoms with Crippen molar-refractivity contribution in [1.29, 1.82) is 0 Å². The summed E-state index contributed by atoms with van der Waals surface area (Å²) < 4.78 is 28.9. The lowest BCUT2D eigenvalue weighted by Gasteiger charge is -2.33. The number of rotatable bonds is 10. The van der Waals surface area contributed by atoms with Gasteiger partial charge in [0.25, 0.3) is 10.0 Å². The van der Waals surface area contributed by atoms with Gasteiger partial charge in [0.2, 0.25) is 11.8 Å². The molecule has 1 atom stereocenters. The molecule has 3 aromatic rings. The Labute approximate surface area is 234 Å². The molecule has 0 spiro atoms. The van der Waals surface area contributed by atoms with Gasteiger partial charge < -0.3 is 10.2 Å². The number of carbonyl (C=O) groups excluding carboxylic acids is 2. The van der Waals surface area contributed by atoms with Crippen LogP contribution in [0.25, 0.3) is 0 Å². The number of benzene rings is 3. The largest absolute Gasteiger partial charge is 0.357 e. The zero-order valence-corrected chi connectivity index (χ0v) is 24.1. The highest BCUT2D eigenvalue weighted by Gasteiger charge is 2.34. The molecule has 202 valence electrons. The highest BCUT2D eigenvalue weighted by atomic mass is 35.5. The van der Waals surface area contributed by atoms with Gasteiger partial charge in [0.05, 0.1) is 10.6 Å². The normalized spacial score (nSPS) is 12.1. The van der Waals surface area contributed by atoms with Crippen molar-refractivity contribution >= 4 is 50.7 Å². The Morgan fingerprint density at radius 2 is 1.55 bits per heavy atom. The molecule has 0 radical (unpaired) electrons. The number of anilines is 1. The molecule has 1 unspecified atom stereocenters. The Balaban J connectivity index is 2.12. The first-order valence-electron chi connectivity index (χ1n) is 12.1. The van der Waals surface area contributed by atoms with Crippen LogP contribution in [0.3, 0.4) is 0 Å². The maximum absolute atomic E-state index is 14.0. The molecule has 0 aliphatic rings. The lowest BCUT2D eigenvalue weighted by atomic mass is 10.1. The number of halogens is 2. The fourth-order valence-electron chi connectivity index (χ4n) is 4.11. The molecule has 38 heavy (non-hydrogen) atoms. The second-order valence-corrected chi connectivity index (χ2v) is 11.5. The van der Waals surface area contributed by atoms with Gasteiger partial charge in [-0.05, 0) is 61.7 Å². The van der Waals surface area contributed by atoms with Crippen molar-refractivity contribution in [2.45, 2.75) is 44.7 Å². The number of sulfonamides is 1. The highest BCUT2D eigenvalue weighted by molar-refractivity contribution is 7.92. The van der Waals surface area contributed by atoms with Crippen LogP contribution >= 0.6 is 23.2 Å². The van der Waals surface area contributed by atoms with Crippen molar-refractivity contribution < 1.29 is 18.0 Å². The van der Waals surface area contributed by atoms with E-state index in [4.69, 9.17) is 23.2 Å². The van der Waals surface area contributed by atoms with Crippen LogP contribution in [0.1, 0.15) is 30.0 Å². The van der Waals surface area contributed by atoms with Crippen LogP contribution in [0.5, 0.6) is 0 Å². The average Bonchev–Trinajstić information content (AvgIpc) is 2.89. The van der Waals surface area contributed by atoms with E-state index in [9.17, 15) is 18.0 Å². The average molecular weight is 577 g/mol. The van der Waals surface area contributed by atoms with Crippen molar-refractivity contribution in [3.63, 3.8) is 0 Å². The van der Waals surface area contributed by atoms with Crippen LogP contribution in [0.15, 0.2) is 71.6 Å². The summed E-state index contributed by atoms with van der Waals surface area (Å²) in [6.45, 7) is 4.82. The standard InChI is InChI=1S/C28H31Cl2N3O4S/c1-5-25(28(35)31-4)32(17-21-9-6-7-10-24(21)30)27(34)18-33(26-12-8-11-23(29)20(26)3)38(36,37)22-15-13-19(2)14-16-22/h6-16,25H,5,17-18H2,1-4H3,(H,31,35). The smallest absolute Gasteiger partial charge is 0.264 e. The molecule has 0 fully saturated rings. The second-order valence-electron chi connectivity index (χ2n) is 8.86. The molecule has 0 aliphatic heterocycles. The molecule has 0 saturated carbocycles. The number of aryl methyl sites for hydroxylation is 1. The minimum Gasteiger partial charge on any atom is -0.357 e. The zero-order chi connectivity index (χ0) is 28.0. The maximum atomic E-state index is 14.0. The van der Waals surface area contributed by atoms with Gasteiger partial charge in [-0.1, -0.05) is 72.1 Å². The van der Waals surface area contributed by atoms with Gasteiger partial charge in [0.1, 0.15) is 12.6 Å². The summed E-state index contributed by atoms with van der Waals surface area (Å²) in [5.74, 6) is -0.921. The number of hydrogen-bond acceptors (Lipinski definition) is 4. The Hall–Kier alpha value is -3.07. The minimum atomic E-state index is -4.18. The maximum Gasteiger partial charge on any atom is 0.264 e. The SMILES string of the molecule is CCC(C(=O)NC)N(Cc1ccccc1Cl)C(=O)CN(c1cccc(Cl)c1C)S(=O)(=O)c1ccc(C)cc1. The molecule has 3 aromatic carbocycles. The Morgan fingerprint density at radius 3 is 2.16 bits per heavy atom. The van der Waals surface area contributed by atoms with Crippen LogP contribution in [-0.2, 0) is 26.2 Å². The fraction of sp³-hybridized carbons (Fsp3) is 0.286. The summed E-state index contributed by atoms with van der Waals surface area (Å²) in [6.07, 6.45) is 0.316.